The summed E-state index contributed by atoms with van der Waals surface area (Å²) in [6.45, 7) is 0. The molecule has 8 nitrogen and oxygen atoms in total. The van der Waals surface area contributed by atoms with E-state index >= 15 is 0 Å². The van der Waals surface area contributed by atoms with E-state index in [1.807, 2.05) is 73.1 Å². The number of nitrogens with one attached hydrogen (secondary N) is 1. The molecule has 1 aliphatic rings. The van der Waals surface area contributed by atoms with Gasteiger partial charge in [0, 0.05) is 14.3 Å². The first-order chi connectivity index (χ1) is 13.4. The summed E-state index contributed by atoms with van der Waals surface area (Å²) in [7, 11) is -4.59. The van der Waals surface area contributed by atoms with Crippen LogP contribution in [0.25, 0.3) is 0 Å². The van der Waals surface area contributed by atoms with E-state index in [9.17, 15) is 22.8 Å². The molecule has 2 amide bonds. The van der Waals surface area contributed by atoms with Crippen molar-refractivity contribution in [3.05, 3.63) is 25.4 Å². The van der Waals surface area contributed by atoms with Crippen molar-refractivity contribution >= 4 is 118 Å². The molecule has 1 fully saturated rings. The Bertz CT molecular complexity index is 959. The quantitative estimate of drug-likeness (QED) is 0.152. The third kappa shape index (κ3) is 7.07. The van der Waals surface area contributed by atoms with Crippen LogP contribution in [0.5, 0.6) is 0 Å². The van der Waals surface area contributed by atoms with E-state index in [1.165, 1.54) is 0 Å². The number of esters is 1. The fraction of sp³-hybridized carbons (Fsp3) is 0.438. The van der Waals surface area contributed by atoms with E-state index in [0.29, 0.717) is 7.14 Å². The summed E-state index contributed by atoms with van der Waals surface area (Å²) in [5.74, 6) is -4.02. The molecule has 0 atom stereocenters. The first-order valence-electron chi connectivity index (χ1n) is 8.28. The average molecular weight is 873 g/mol. The summed E-state index contributed by atoms with van der Waals surface area (Å²) < 4.78 is 38.6. The Morgan fingerprint density at radius 3 is 1.97 bits per heavy atom. The van der Waals surface area contributed by atoms with Crippen molar-refractivity contribution in [2.24, 2.45) is 0 Å². The van der Waals surface area contributed by atoms with Crippen LogP contribution in [0.1, 0.15) is 52.8 Å². The molecule has 2 rings (SSSR count). The monoisotopic (exact) mass is 873 g/mol. The molecule has 0 spiro atoms. The van der Waals surface area contributed by atoms with Crippen molar-refractivity contribution < 1.29 is 32.1 Å². The lowest BCUT2D eigenvalue weighted by Gasteiger charge is -2.23. The van der Waals surface area contributed by atoms with Crippen LogP contribution in [0, 0.1) is 14.3 Å². The summed E-state index contributed by atoms with van der Waals surface area (Å²) in [5, 5.41) is 1.93. The molecule has 1 saturated carbocycles. The van der Waals surface area contributed by atoms with Crippen LogP contribution < -0.4 is 5.32 Å². The molecule has 2 N–H and O–H groups in total. The van der Waals surface area contributed by atoms with Crippen LogP contribution in [0.4, 0.5) is 0 Å². The molecule has 0 heterocycles. The Morgan fingerprint density at radius 1 is 0.931 bits per heavy atom. The first-order valence-corrected chi connectivity index (χ1v) is 14.2. The second kappa shape index (κ2) is 11.0. The summed E-state index contributed by atoms with van der Waals surface area (Å²) in [4.78, 5) is 37.5. The van der Waals surface area contributed by atoms with E-state index < -0.39 is 33.7 Å². The fourth-order valence-electron chi connectivity index (χ4n) is 2.82. The van der Waals surface area contributed by atoms with Gasteiger partial charge in [0.1, 0.15) is 6.10 Å². The molecule has 0 radical (unpaired) electrons. The Balaban J connectivity index is 2.43. The fourth-order valence-corrected chi connectivity index (χ4v) is 6.88. The third-order valence-electron chi connectivity index (χ3n) is 4.09. The summed E-state index contributed by atoms with van der Waals surface area (Å²) in [5.41, 5.74) is -0.00754. The highest BCUT2D eigenvalue weighted by atomic mass is 127. The van der Waals surface area contributed by atoms with Gasteiger partial charge in [-0.3, -0.25) is 19.5 Å². The number of ether oxygens (including phenoxy) is 1. The Morgan fingerprint density at radius 2 is 1.45 bits per heavy atom. The number of amides is 2. The molecule has 29 heavy (non-hydrogen) atoms. The van der Waals surface area contributed by atoms with Crippen molar-refractivity contribution in [1.82, 2.24) is 5.32 Å². The second-order valence-electron chi connectivity index (χ2n) is 6.27. The molecule has 1 aromatic rings. The molecular weight excluding hydrogens is 858 g/mol. The van der Waals surface area contributed by atoms with Gasteiger partial charge in [0.25, 0.3) is 16.0 Å². The number of halogens is 4. The van der Waals surface area contributed by atoms with E-state index in [4.69, 9.17) is 9.29 Å². The molecule has 0 aliphatic heterocycles. The minimum atomic E-state index is -4.59. The number of hydrogen-bond acceptors (Lipinski definition) is 6. The SMILES string of the molecule is O=C(CS(=O)(=O)O)NC(=O)c1c(I)c(I)c(I)c(I)c1C(=O)OC1CCCCC1. The number of rotatable bonds is 5. The lowest BCUT2D eigenvalue weighted by molar-refractivity contribution is -0.117. The molecule has 1 aliphatic carbocycles. The van der Waals surface area contributed by atoms with Crippen LogP contribution in [0.3, 0.4) is 0 Å². The summed E-state index contributed by atoms with van der Waals surface area (Å²) in [6, 6.07) is 0. The van der Waals surface area contributed by atoms with Gasteiger partial charge in [-0.15, -0.1) is 0 Å². The normalized spacial score (nSPS) is 15.1. The maximum absolute atomic E-state index is 13.0. The standard InChI is InChI=1S/C16H15I4NO7S/c17-11-9(15(23)21-8(22)6-29(25,26)27)10(12(18)14(20)13(11)19)16(24)28-7-4-2-1-3-5-7/h7H,1-6H2,(H,21,22,23)(H,25,26,27). The Labute approximate surface area is 222 Å². The molecule has 13 heteroatoms. The number of benzene rings is 1. The van der Waals surface area contributed by atoms with Crippen LogP contribution in [0.15, 0.2) is 0 Å². The van der Waals surface area contributed by atoms with Crippen LogP contribution >= 0.6 is 90.4 Å². The van der Waals surface area contributed by atoms with Crippen LogP contribution in [-0.4, -0.2) is 42.6 Å². The largest absolute Gasteiger partial charge is 0.459 e. The number of carbonyl (C=O) groups is 3. The zero-order valence-electron chi connectivity index (χ0n) is 14.6. The highest BCUT2D eigenvalue weighted by Gasteiger charge is 2.31. The van der Waals surface area contributed by atoms with Crippen molar-refractivity contribution in [3.8, 4) is 0 Å². The van der Waals surface area contributed by atoms with Crippen LogP contribution in [-0.2, 0) is 19.6 Å². The molecule has 160 valence electrons. The average Bonchev–Trinajstić information content (AvgIpc) is 2.61. The Kier molecular flexibility index (Phi) is 9.82. The number of carbonyl (C=O) groups excluding carboxylic acids is 3. The van der Waals surface area contributed by atoms with Crippen molar-refractivity contribution in [3.63, 3.8) is 0 Å². The molecule has 0 aromatic heterocycles. The van der Waals surface area contributed by atoms with Gasteiger partial charge >= 0.3 is 5.97 Å². The number of imide groups is 1. The minimum absolute atomic E-state index is 0.0440. The van der Waals surface area contributed by atoms with E-state index in [-0.39, 0.29) is 17.2 Å². The van der Waals surface area contributed by atoms with Gasteiger partial charge in [0.2, 0.25) is 5.91 Å². The molecule has 0 bridgehead atoms. The lowest BCUT2D eigenvalue weighted by atomic mass is 9.97. The molecule has 0 saturated heterocycles. The first kappa shape index (κ1) is 25.9. The van der Waals surface area contributed by atoms with E-state index in [2.05, 4.69) is 22.6 Å². The topological polar surface area (TPSA) is 127 Å². The predicted molar refractivity (Wildman–Crippen MR) is 138 cm³/mol. The van der Waals surface area contributed by atoms with E-state index in [1.54, 1.807) is 0 Å². The van der Waals surface area contributed by atoms with Crippen LogP contribution in [0.2, 0.25) is 0 Å². The van der Waals surface area contributed by atoms with Gasteiger partial charge in [-0.05, 0) is 116 Å². The maximum Gasteiger partial charge on any atom is 0.340 e. The van der Waals surface area contributed by atoms with Gasteiger partial charge < -0.3 is 4.74 Å². The van der Waals surface area contributed by atoms with Crippen molar-refractivity contribution in [2.75, 3.05) is 5.75 Å². The van der Waals surface area contributed by atoms with Gasteiger partial charge in [-0.2, -0.15) is 8.42 Å². The van der Waals surface area contributed by atoms with Gasteiger partial charge in [0.05, 0.1) is 11.1 Å². The smallest absolute Gasteiger partial charge is 0.340 e. The zero-order chi connectivity index (χ0) is 21.9. The third-order valence-corrected chi connectivity index (χ3v) is 12.1. The number of hydrogen-bond donors (Lipinski definition) is 2. The van der Waals surface area contributed by atoms with Gasteiger partial charge in [-0.25, -0.2) is 4.79 Å². The lowest BCUT2D eigenvalue weighted by Crippen LogP contribution is -2.37. The molecule has 0 unspecified atom stereocenters. The molecule has 1 aromatic carbocycles. The maximum atomic E-state index is 13.0. The summed E-state index contributed by atoms with van der Waals surface area (Å²) >= 11 is 7.96. The van der Waals surface area contributed by atoms with Crippen molar-refractivity contribution in [2.45, 2.75) is 38.2 Å². The van der Waals surface area contributed by atoms with Gasteiger partial charge in [-0.1, -0.05) is 6.42 Å². The predicted octanol–water partition coefficient (Wildman–Crippen LogP) is 3.74. The Hall–Kier alpha value is 0.660. The van der Waals surface area contributed by atoms with E-state index in [0.717, 1.165) is 39.2 Å². The van der Waals surface area contributed by atoms with Gasteiger partial charge in [0.15, 0.2) is 5.75 Å². The summed E-state index contributed by atoms with van der Waals surface area (Å²) in [6.07, 6.45) is 4.32. The second-order valence-corrected chi connectivity index (χ2v) is 12.0. The minimum Gasteiger partial charge on any atom is -0.459 e. The zero-order valence-corrected chi connectivity index (χ0v) is 24.1. The highest BCUT2D eigenvalue weighted by molar-refractivity contribution is 14.1. The van der Waals surface area contributed by atoms with Crippen molar-refractivity contribution in [1.29, 1.82) is 0 Å². The molecular formula is C16H15I4NO7S. The highest BCUT2D eigenvalue weighted by Crippen LogP contribution is 2.34.